The molecule has 1 aromatic heterocycles. The summed E-state index contributed by atoms with van der Waals surface area (Å²) in [5.74, 6) is -0.833. The fourth-order valence-electron chi connectivity index (χ4n) is 0.842. The molecule has 0 aliphatic rings. The number of aliphatic carboxylic acids is 1. The third-order valence-electron chi connectivity index (χ3n) is 1.61. The van der Waals surface area contributed by atoms with Gasteiger partial charge < -0.3 is 5.11 Å². The normalized spacial score (nSPS) is 12.5. The van der Waals surface area contributed by atoms with Gasteiger partial charge in [0, 0.05) is 6.20 Å². The summed E-state index contributed by atoms with van der Waals surface area (Å²) in [5.41, 5.74) is 0.551. The fourth-order valence-corrected chi connectivity index (χ4v) is 0.842. The average Bonchev–Trinajstić information content (AvgIpc) is 2.03. The number of carboxylic acids is 1. The van der Waals surface area contributed by atoms with Crippen LogP contribution in [0, 0.1) is 6.92 Å². The van der Waals surface area contributed by atoms with Gasteiger partial charge in [0.05, 0.1) is 11.6 Å². The molecule has 4 nitrogen and oxygen atoms in total. The lowest BCUT2D eigenvalue weighted by atomic mass is 10.1. The largest absolute Gasteiger partial charge is 0.481 e. The Hall–Kier alpha value is -1.45. The summed E-state index contributed by atoms with van der Waals surface area (Å²) in [4.78, 5) is 18.4. The quantitative estimate of drug-likeness (QED) is 0.711. The van der Waals surface area contributed by atoms with E-state index in [1.54, 1.807) is 26.1 Å². The zero-order valence-electron chi connectivity index (χ0n) is 6.98. The van der Waals surface area contributed by atoms with Crippen LogP contribution in [0.2, 0.25) is 0 Å². The van der Waals surface area contributed by atoms with E-state index in [4.69, 9.17) is 5.11 Å². The Morgan fingerprint density at radius 1 is 1.67 bits per heavy atom. The van der Waals surface area contributed by atoms with Crippen LogP contribution >= 0.6 is 0 Å². The minimum atomic E-state index is -0.867. The van der Waals surface area contributed by atoms with Crippen molar-refractivity contribution in [2.45, 2.75) is 19.8 Å². The number of carboxylic acid groups (broad SMARTS) is 1. The Balaban J connectivity index is 2.95. The second kappa shape index (κ2) is 3.30. The lowest BCUT2D eigenvalue weighted by molar-refractivity contribution is -0.138. The summed E-state index contributed by atoms with van der Waals surface area (Å²) in [6, 6.07) is 1.62. The molecule has 1 aromatic rings. The molecule has 0 aliphatic carbocycles. The molecule has 4 heteroatoms. The molecule has 1 unspecified atom stereocenters. The molecule has 64 valence electrons. The molecule has 1 N–H and O–H groups in total. The Morgan fingerprint density at radius 2 is 2.33 bits per heavy atom. The van der Waals surface area contributed by atoms with E-state index in [9.17, 15) is 4.79 Å². The number of rotatable bonds is 2. The van der Waals surface area contributed by atoms with Crippen LogP contribution in [0.15, 0.2) is 12.3 Å². The highest BCUT2D eigenvalue weighted by atomic mass is 16.4. The monoisotopic (exact) mass is 166 g/mol. The average molecular weight is 166 g/mol. The molecule has 12 heavy (non-hydrogen) atoms. The molecule has 0 radical (unpaired) electrons. The van der Waals surface area contributed by atoms with Gasteiger partial charge >= 0.3 is 5.97 Å². The third kappa shape index (κ3) is 1.78. The Bertz CT molecular complexity index is 299. The van der Waals surface area contributed by atoms with Crippen molar-refractivity contribution in [2.24, 2.45) is 0 Å². The first-order chi connectivity index (χ1) is 5.61. The van der Waals surface area contributed by atoms with Gasteiger partial charge in [-0.2, -0.15) is 0 Å². The third-order valence-corrected chi connectivity index (χ3v) is 1.61. The second-order valence-electron chi connectivity index (χ2n) is 2.59. The molecule has 0 saturated carbocycles. The molecule has 0 bridgehead atoms. The van der Waals surface area contributed by atoms with Gasteiger partial charge in [-0.25, -0.2) is 9.97 Å². The number of nitrogens with zero attached hydrogens (tertiary/aromatic N) is 2. The van der Waals surface area contributed by atoms with Crippen molar-refractivity contribution >= 4 is 5.97 Å². The first-order valence-corrected chi connectivity index (χ1v) is 3.63. The first kappa shape index (κ1) is 8.64. The molecule has 0 fully saturated rings. The molecular formula is C8H10N2O2. The van der Waals surface area contributed by atoms with Crippen molar-refractivity contribution in [3.05, 3.63) is 23.8 Å². The Labute approximate surface area is 70.3 Å². The highest BCUT2D eigenvalue weighted by Crippen LogP contribution is 2.11. The van der Waals surface area contributed by atoms with E-state index in [2.05, 4.69) is 9.97 Å². The van der Waals surface area contributed by atoms with Gasteiger partial charge in [-0.1, -0.05) is 0 Å². The van der Waals surface area contributed by atoms with E-state index in [1.165, 1.54) is 0 Å². The van der Waals surface area contributed by atoms with Crippen LogP contribution in [0.25, 0.3) is 0 Å². The van der Waals surface area contributed by atoms with Gasteiger partial charge in [-0.05, 0) is 19.9 Å². The Kier molecular flexibility index (Phi) is 2.38. The van der Waals surface area contributed by atoms with Gasteiger partial charge in [0.1, 0.15) is 5.82 Å². The number of carbonyl (C=O) groups is 1. The van der Waals surface area contributed by atoms with Gasteiger partial charge in [0.2, 0.25) is 0 Å². The van der Waals surface area contributed by atoms with E-state index >= 15 is 0 Å². The summed E-state index contributed by atoms with van der Waals surface area (Å²) in [6.45, 7) is 3.34. The van der Waals surface area contributed by atoms with E-state index in [0.29, 0.717) is 11.5 Å². The van der Waals surface area contributed by atoms with Crippen LogP contribution in [0.4, 0.5) is 0 Å². The van der Waals surface area contributed by atoms with E-state index in [1.807, 2.05) is 0 Å². The van der Waals surface area contributed by atoms with Crippen LogP contribution in [-0.4, -0.2) is 21.0 Å². The number of hydrogen-bond donors (Lipinski definition) is 1. The van der Waals surface area contributed by atoms with Crippen LogP contribution in [-0.2, 0) is 4.79 Å². The predicted octanol–water partition coefficient (Wildman–Crippen LogP) is 0.973. The maximum atomic E-state index is 10.6. The molecule has 0 saturated heterocycles. The molecule has 0 aliphatic heterocycles. The maximum Gasteiger partial charge on any atom is 0.312 e. The molecule has 0 amide bonds. The van der Waals surface area contributed by atoms with Gasteiger partial charge in [-0.15, -0.1) is 0 Å². The van der Waals surface area contributed by atoms with Gasteiger partial charge in [0.25, 0.3) is 0 Å². The maximum absolute atomic E-state index is 10.6. The smallest absolute Gasteiger partial charge is 0.312 e. The van der Waals surface area contributed by atoms with Crippen molar-refractivity contribution in [1.29, 1.82) is 0 Å². The molecule has 1 heterocycles. The Morgan fingerprint density at radius 3 is 2.83 bits per heavy atom. The molecule has 0 aromatic carbocycles. The van der Waals surface area contributed by atoms with Crippen molar-refractivity contribution in [1.82, 2.24) is 9.97 Å². The molecule has 0 spiro atoms. The fraction of sp³-hybridized carbons (Fsp3) is 0.375. The summed E-state index contributed by atoms with van der Waals surface area (Å²) < 4.78 is 0. The van der Waals surface area contributed by atoms with E-state index in [0.717, 1.165) is 0 Å². The molecular weight excluding hydrogens is 156 g/mol. The summed E-state index contributed by atoms with van der Waals surface area (Å²) in [5, 5.41) is 8.67. The predicted molar refractivity (Wildman–Crippen MR) is 42.8 cm³/mol. The minimum absolute atomic E-state index is 0.551. The van der Waals surface area contributed by atoms with E-state index < -0.39 is 11.9 Å². The molecule has 1 atom stereocenters. The van der Waals surface area contributed by atoms with E-state index in [-0.39, 0.29) is 0 Å². The summed E-state index contributed by atoms with van der Waals surface area (Å²) in [7, 11) is 0. The van der Waals surface area contributed by atoms with Gasteiger partial charge in [-0.3, -0.25) is 4.79 Å². The van der Waals surface area contributed by atoms with Crippen molar-refractivity contribution in [2.75, 3.05) is 0 Å². The lowest BCUT2D eigenvalue weighted by Crippen LogP contribution is -2.09. The lowest BCUT2D eigenvalue weighted by Gasteiger charge is -2.04. The highest BCUT2D eigenvalue weighted by Gasteiger charge is 2.14. The van der Waals surface area contributed by atoms with Crippen molar-refractivity contribution in [3.63, 3.8) is 0 Å². The number of aryl methyl sites for hydroxylation is 1. The highest BCUT2D eigenvalue weighted by molar-refractivity contribution is 5.74. The summed E-state index contributed by atoms with van der Waals surface area (Å²) >= 11 is 0. The van der Waals surface area contributed by atoms with Gasteiger partial charge in [0.15, 0.2) is 0 Å². The minimum Gasteiger partial charge on any atom is -0.481 e. The standard InChI is InChI=1S/C8H10N2O2/c1-5(8(11)12)7-3-4-9-6(2)10-7/h3-5H,1-2H3,(H,11,12). The van der Waals surface area contributed by atoms with Crippen molar-refractivity contribution in [3.8, 4) is 0 Å². The zero-order chi connectivity index (χ0) is 9.14. The summed E-state index contributed by atoms with van der Waals surface area (Å²) in [6.07, 6.45) is 1.57. The first-order valence-electron chi connectivity index (χ1n) is 3.63. The van der Waals surface area contributed by atoms with Crippen LogP contribution in [0.5, 0.6) is 0 Å². The van der Waals surface area contributed by atoms with Crippen molar-refractivity contribution < 1.29 is 9.90 Å². The van der Waals surface area contributed by atoms with Crippen LogP contribution in [0.3, 0.4) is 0 Å². The topological polar surface area (TPSA) is 63.1 Å². The number of hydrogen-bond acceptors (Lipinski definition) is 3. The SMILES string of the molecule is Cc1nccc(C(C)C(=O)O)n1. The second-order valence-corrected chi connectivity index (χ2v) is 2.59. The molecule has 1 rings (SSSR count). The van der Waals surface area contributed by atoms with Crippen LogP contribution in [0.1, 0.15) is 24.4 Å². The number of aromatic nitrogens is 2. The van der Waals surface area contributed by atoms with Crippen LogP contribution < -0.4 is 0 Å². The zero-order valence-corrected chi connectivity index (χ0v) is 6.98.